The standard InChI is InChI=1S/C10H15N3S/c1-3-11-8-6-9(14-2)13-10(12-8)7-4-5-7/h6-7H,3-5H2,1-2H3,(H,11,12,13). The van der Waals surface area contributed by atoms with Gasteiger partial charge in [-0.2, -0.15) is 0 Å². The Labute approximate surface area is 88.7 Å². The van der Waals surface area contributed by atoms with Crippen LogP contribution in [0.1, 0.15) is 31.5 Å². The lowest BCUT2D eigenvalue weighted by molar-refractivity contribution is 0.877. The molecule has 4 heteroatoms. The first-order valence-corrected chi connectivity index (χ1v) is 6.22. The van der Waals surface area contributed by atoms with Crippen molar-refractivity contribution >= 4 is 17.6 Å². The van der Waals surface area contributed by atoms with Gasteiger partial charge in [-0.25, -0.2) is 9.97 Å². The quantitative estimate of drug-likeness (QED) is 0.611. The zero-order valence-electron chi connectivity index (χ0n) is 8.58. The number of hydrogen-bond acceptors (Lipinski definition) is 4. The summed E-state index contributed by atoms with van der Waals surface area (Å²) < 4.78 is 0. The Bertz CT molecular complexity index is 323. The Morgan fingerprint density at radius 2 is 2.29 bits per heavy atom. The molecule has 0 saturated heterocycles. The molecule has 1 aromatic rings. The van der Waals surface area contributed by atoms with Crippen LogP contribution in [-0.4, -0.2) is 22.8 Å². The van der Waals surface area contributed by atoms with Crippen LogP contribution in [-0.2, 0) is 0 Å². The van der Waals surface area contributed by atoms with Gasteiger partial charge in [0.2, 0.25) is 0 Å². The second kappa shape index (κ2) is 4.17. The normalized spacial score (nSPS) is 15.6. The third kappa shape index (κ3) is 2.18. The first kappa shape index (κ1) is 9.77. The van der Waals surface area contributed by atoms with Crippen LogP contribution in [0, 0.1) is 0 Å². The first-order chi connectivity index (χ1) is 6.83. The molecular formula is C10H15N3S. The van der Waals surface area contributed by atoms with Crippen LogP contribution in [0.3, 0.4) is 0 Å². The monoisotopic (exact) mass is 209 g/mol. The number of thioether (sulfide) groups is 1. The molecule has 3 nitrogen and oxygen atoms in total. The Morgan fingerprint density at radius 1 is 1.50 bits per heavy atom. The van der Waals surface area contributed by atoms with Crippen LogP contribution in [0.5, 0.6) is 0 Å². The van der Waals surface area contributed by atoms with E-state index in [4.69, 9.17) is 0 Å². The van der Waals surface area contributed by atoms with E-state index in [-0.39, 0.29) is 0 Å². The van der Waals surface area contributed by atoms with E-state index in [0.717, 1.165) is 23.2 Å². The fourth-order valence-corrected chi connectivity index (χ4v) is 1.76. The van der Waals surface area contributed by atoms with Gasteiger partial charge in [-0.3, -0.25) is 0 Å². The van der Waals surface area contributed by atoms with Crippen LogP contribution >= 0.6 is 11.8 Å². The summed E-state index contributed by atoms with van der Waals surface area (Å²) in [5, 5.41) is 4.31. The lowest BCUT2D eigenvalue weighted by atomic mass is 10.4. The average Bonchev–Trinajstić information content (AvgIpc) is 3.01. The number of nitrogens with one attached hydrogen (secondary N) is 1. The van der Waals surface area contributed by atoms with Gasteiger partial charge in [0.25, 0.3) is 0 Å². The molecule has 76 valence electrons. The minimum Gasteiger partial charge on any atom is -0.370 e. The SMILES string of the molecule is CCNc1cc(SC)nc(C2CC2)n1. The number of nitrogens with zero attached hydrogens (tertiary/aromatic N) is 2. The van der Waals surface area contributed by atoms with E-state index in [1.54, 1.807) is 11.8 Å². The van der Waals surface area contributed by atoms with Crippen molar-refractivity contribution in [2.45, 2.75) is 30.7 Å². The van der Waals surface area contributed by atoms with E-state index >= 15 is 0 Å². The van der Waals surface area contributed by atoms with Crippen molar-refractivity contribution in [3.8, 4) is 0 Å². The zero-order valence-corrected chi connectivity index (χ0v) is 9.40. The third-order valence-corrected chi connectivity index (χ3v) is 2.86. The van der Waals surface area contributed by atoms with Gasteiger partial charge < -0.3 is 5.32 Å². The molecule has 0 aromatic carbocycles. The average molecular weight is 209 g/mol. The Morgan fingerprint density at radius 3 is 2.86 bits per heavy atom. The van der Waals surface area contributed by atoms with Crippen molar-refractivity contribution in [2.24, 2.45) is 0 Å². The number of hydrogen-bond donors (Lipinski definition) is 1. The predicted molar refractivity (Wildman–Crippen MR) is 60.0 cm³/mol. The summed E-state index contributed by atoms with van der Waals surface area (Å²) in [5.41, 5.74) is 0. The molecule has 1 fully saturated rings. The second-order valence-corrected chi connectivity index (χ2v) is 4.28. The first-order valence-electron chi connectivity index (χ1n) is 5.00. The predicted octanol–water partition coefficient (Wildman–Crippen LogP) is 2.51. The van der Waals surface area contributed by atoms with E-state index in [2.05, 4.69) is 28.5 Å². The summed E-state index contributed by atoms with van der Waals surface area (Å²) in [6.07, 6.45) is 4.56. The van der Waals surface area contributed by atoms with E-state index in [9.17, 15) is 0 Å². The van der Waals surface area contributed by atoms with Crippen molar-refractivity contribution < 1.29 is 0 Å². The molecule has 1 aromatic heterocycles. The lowest BCUT2D eigenvalue weighted by Gasteiger charge is -2.06. The largest absolute Gasteiger partial charge is 0.370 e. The molecule has 0 amide bonds. The van der Waals surface area contributed by atoms with Gasteiger partial charge >= 0.3 is 0 Å². The molecule has 1 aliphatic carbocycles. The Hall–Kier alpha value is -0.770. The fourth-order valence-electron chi connectivity index (χ4n) is 1.34. The minimum atomic E-state index is 0.625. The van der Waals surface area contributed by atoms with Gasteiger partial charge in [0.1, 0.15) is 16.7 Å². The maximum Gasteiger partial charge on any atom is 0.135 e. The van der Waals surface area contributed by atoms with Gasteiger partial charge in [0, 0.05) is 18.5 Å². The number of aromatic nitrogens is 2. The van der Waals surface area contributed by atoms with Crippen molar-refractivity contribution in [1.29, 1.82) is 0 Å². The number of anilines is 1. The molecule has 1 N–H and O–H groups in total. The highest BCUT2D eigenvalue weighted by molar-refractivity contribution is 7.98. The van der Waals surface area contributed by atoms with Crippen molar-refractivity contribution in [3.05, 3.63) is 11.9 Å². The van der Waals surface area contributed by atoms with Crippen molar-refractivity contribution in [1.82, 2.24) is 9.97 Å². The molecule has 14 heavy (non-hydrogen) atoms. The highest BCUT2D eigenvalue weighted by Gasteiger charge is 2.27. The second-order valence-electron chi connectivity index (χ2n) is 3.46. The summed E-state index contributed by atoms with van der Waals surface area (Å²) in [6, 6.07) is 2.01. The highest BCUT2D eigenvalue weighted by atomic mass is 32.2. The maximum absolute atomic E-state index is 4.51. The maximum atomic E-state index is 4.51. The van der Waals surface area contributed by atoms with E-state index in [1.807, 2.05) is 6.07 Å². The molecule has 1 saturated carbocycles. The van der Waals surface area contributed by atoms with E-state index in [1.165, 1.54) is 12.8 Å². The number of rotatable bonds is 4. The molecule has 2 rings (SSSR count). The van der Waals surface area contributed by atoms with Crippen molar-refractivity contribution in [2.75, 3.05) is 18.1 Å². The van der Waals surface area contributed by atoms with Crippen LogP contribution in [0.25, 0.3) is 0 Å². The summed E-state index contributed by atoms with van der Waals surface area (Å²) >= 11 is 1.68. The molecule has 0 spiro atoms. The smallest absolute Gasteiger partial charge is 0.135 e. The molecule has 0 unspecified atom stereocenters. The summed E-state index contributed by atoms with van der Waals surface area (Å²) in [5.74, 6) is 2.61. The Kier molecular flexibility index (Phi) is 2.91. The zero-order chi connectivity index (χ0) is 9.97. The Balaban J connectivity index is 2.26. The van der Waals surface area contributed by atoms with Crippen LogP contribution in [0.15, 0.2) is 11.1 Å². The highest BCUT2D eigenvalue weighted by Crippen LogP contribution is 2.38. The van der Waals surface area contributed by atoms with Gasteiger partial charge in [-0.05, 0) is 26.0 Å². The van der Waals surface area contributed by atoms with Crippen molar-refractivity contribution in [3.63, 3.8) is 0 Å². The summed E-state index contributed by atoms with van der Waals surface area (Å²) in [7, 11) is 0. The molecule has 1 heterocycles. The van der Waals surface area contributed by atoms with E-state index < -0.39 is 0 Å². The third-order valence-electron chi connectivity index (χ3n) is 2.23. The van der Waals surface area contributed by atoms with Gasteiger partial charge in [0.15, 0.2) is 0 Å². The van der Waals surface area contributed by atoms with E-state index in [0.29, 0.717) is 5.92 Å². The minimum absolute atomic E-state index is 0.625. The molecular weight excluding hydrogens is 194 g/mol. The summed E-state index contributed by atoms with van der Waals surface area (Å²) in [4.78, 5) is 9.01. The molecule has 0 radical (unpaired) electrons. The van der Waals surface area contributed by atoms with Gasteiger partial charge in [0.05, 0.1) is 0 Å². The topological polar surface area (TPSA) is 37.8 Å². The molecule has 1 aliphatic rings. The van der Waals surface area contributed by atoms with Crippen LogP contribution in [0.4, 0.5) is 5.82 Å². The van der Waals surface area contributed by atoms with Gasteiger partial charge in [-0.1, -0.05) is 0 Å². The van der Waals surface area contributed by atoms with Crippen LogP contribution < -0.4 is 5.32 Å². The van der Waals surface area contributed by atoms with Gasteiger partial charge in [-0.15, -0.1) is 11.8 Å². The fraction of sp³-hybridized carbons (Fsp3) is 0.600. The lowest BCUT2D eigenvalue weighted by Crippen LogP contribution is -2.03. The molecule has 0 atom stereocenters. The molecule has 0 bridgehead atoms. The molecule has 0 aliphatic heterocycles. The summed E-state index contributed by atoms with van der Waals surface area (Å²) in [6.45, 7) is 2.99. The van der Waals surface area contributed by atoms with Crippen LogP contribution in [0.2, 0.25) is 0 Å².